The molecule has 0 aliphatic rings. The Hall–Kier alpha value is -4.87. The Labute approximate surface area is 284 Å². The van der Waals surface area contributed by atoms with E-state index in [1.165, 1.54) is 15.9 Å². The summed E-state index contributed by atoms with van der Waals surface area (Å²) < 4.78 is 17.9. The molecule has 0 spiro atoms. The van der Waals surface area contributed by atoms with E-state index in [9.17, 15) is 0 Å². The summed E-state index contributed by atoms with van der Waals surface area (Å²) in [5, 5.41) is 8.50. The molecule has 6 aromatic carbocycles. The lowest BCUT2D eigenvalue weighted by atomic mass is 10.1. The quantitative estimate of drug-likeness (QED) is 0.112. The van der Waals surface area contributed by atoms with Crippen molar-refractivity contribution in [3.05, 3.63) is 181 Å². The van der Waals surface area contributed by atoms with Crippen LogP contribution in [-0.2, 0) is 4.57 Å². The molecule has 7 aromatic rings. The number of hydrogen-bond acceptors (Lipinski definition) is 1. The van der Waals surface area contributed by atoms with Crippen molar-refractivity contribution in [3.63, 3.8) is 0 Å². The molecule has 4 heteroatoms. The number of para-hydroxylation sites is 1. The highest BCUT2D eigenvalue weighted by molar-refractivity contribution is 7.93. The molecular formula is C44H39NOP2. The van der Waals surface area contributed by atoms with Crippen molar-refractivity contribution in [1.82, 2.24) is 4.57 Å². The second-order valence-electron chi connectivity index (χ2n) is 12.0. The fourth-order valence-electron chi connectivity index (χ4n) is 6.86. The van der Waals surface area contributed by atoms with Crippen LogP contribution in [0.1, 0.15) is 20.3 Å². The van der Waals surface area contributed by atoms with Gasteiger partial charge in [0, 0.05) is 32.4 Å². The Morgan fingerprint density at radius 3 is 1.56 bits per heavy atom. The van der Waals surface area contributed by atoms with Gasteiger partial charge in [-0.15, -0.1) is 0 Å². The maximum absolute atomic E-state index is 15.6. The van der Waals surface area contributed by atoms with Gasteiger partial charge in [0.2, 0.25) is 0 Å². The van der Waals surface area contributed by atoms with Crippen molar-refractivity contribution in [2.75, 3.05) is 0 Å². The van der Waals surface area contributed by atoms with Gasteiger partial charge in [-0.1, -0.05) is 165 Å². The van der Waals surface area contributed by atoms with E-state index in [0.717, 1.165) is 49.8 Å². The lowest BCUT2D eigenvalue weighted by Gasteiger charge is -2.27. The first-order valence-electron chi connectivity index (χ1n) is 16.5. The number of allylic oxidation sites excluding steroid dienone is 4. The fourth-order valence-corrected chi connectivity index (χ4v) is 12.7. The van der Waals surface area contributed by atoms with E-state index in [1.807, 2.05) is 55.5 Å². The molecule has 48 heavy (non-hydrogen) atoms. The van der Waals surface area contributed by atoms with E-state index >= 15 is 4.57 Å². The third-order valence-corrected chi connectivity index (χ3v) is 15.8. The van der Waals surface area contributed by atoms with E-state index in [1.54, 1.807) is 0 Å². The van der Waals surface area contributed by atoms with E-state index in [0.29, 0.717) is 0 Å². The van der Waals surface area contributed by atoms with Crippen LogP contribution in [0.15, 0.2) is 181 Å². The summed E-state index contributed by atoms with van der Waals surface area (Å²) in [7, 11) is -3.19. The first kappa shape index (κ1) is 31.7. The zero-order valence-electron chi connectivity index (χ0n) is 27.4. The van der Waals surface area contributed by atoms with Gasteiger partial charge in [0.1, 0.15) is 0 Å². The second kappa shape index (κ2) is 13.3. The Morgan fingerprint density at radius 2 is 1.06 bits per heavy atom. The summed E-state index contributed by atoms with van der Waals surface area (Å²) in [5.74, 6) is 0. The zero-order chi connectivity index (χ0) is 33.1. The topological polar surface area (TPSA) is 22.0 Å². The number of fused-ring (bicyclic) bond motifs is 3. The van der Waals surface area contributed by atoms with Crippen LogP contribution in [0.5, 0.6) is 0 Å². The molecule has 1 unspecified atom stereocenters. The van der Waals surface area contributed by atoms with E-state index in [-0.39, 0.29) is 0 Å². The van der Waals surface area contributed by atoms with Gasteiger partial charge in [0.25, 0.3) is 0 Å². The molecule has 0 bridgehead atoms. The minimum Gasteiger partial charge on any atom is -0.309 e. The zero-order valence-corrected chi connectivity index (χ0v) is 29.2. The van der Waals surface area contributed by atoms with E-state index < -0.39 is 14.0 Å². The van der Waals surface area contributed by atoms with Crippen molar-refractivity contribution < 1.29 is 4.57 Å². The van der Waals surface area contributed by atoms with Gasteiger partial charge in [-0.25, -0.2) is 0 Å². The van der Waals surface area contributed by atoms with Crippen LogP contribution in [0.4, 0.5) is 0 Å². The second-order valence-corrected chi connectivity index (χ2v) is 18.0. The lowest BCUT2D eigenvalue weighted by Crippen LogP contribution is -2.25. The predicted molar refractivity (Wildman–Crippen MR) is 213 cm³/mol. The SMILES string of the molecule is C=P(c1ccccc1)(c1ccccc1)c1ccc2c3ccc(P(=O)(C(/C=C\C)=C/CC)c4ccccc4)cc3n(-c3ccccc3)c2c1. The maximum Gasteiger partial charge on any atom is 0.170 e. The van der Waals surface area contributed by atoms with E-state index in [4.69, 9.17) is 6.30 Å². The number of hydrogen-bond donors (Lipinski definition) is 0. The summed E-state index contributed by atoms with van der Waals surface area (Å²) in [6, 6.07) is 55.2. The molecule has 0 radical (unpaired) electrons. The highest BCUT2D eigenvalue weighted by atomic mass is 31.2. The van der Waals surface area contributed by atoms with Gasteiger partial charge >= 0.3 is 0 Å². The average Bonchev–Trinajstić information content (AvgIpc) is 3.48. The Balaban J connectivity index is 1.55. The third-order valence-electron chi connectivity index (χ3n) is 9.18. The first-order valence-corrected chi connectivity index (χ1v) is 20.2. The molecule has 0 aliphatic carbocycles. The van der Waals surface area contributed by atoms with E-state index in [2.05, 4.69) is 139 Å². The molecule has 1 atom stereocenters. The van der Waals surface area contributed by atoms with Crippen LogP contribution < -0.4 is 26.5 Å². The van der Waals surface area contributed by atoms with Gasteiger partial charge in [-0.05, 0) is 60.4 Å². The van der Waals surface area contributed by atoms with Crippen LogP contribution in [0.3, 0.4) is 0 Å². The molecule has 2 nitrogen and oxygen atoms in total. The van der Waals surface area contributed by atoms with Crippen LogP contribution in [0, 0.1) is 0 Å². The molecule has 0 saturated carbocycles. The standard InChI is InChI=1S/C44H39NOP2/c1-4-18-37(19-5-2)48(46,38-26-16-9-17-27-38)40-29-31-42-41-30-28-39(32-43(41)45(44(42)33-40)34-20-10-6-11-21-34)47(3,35-22-12-7-13-23-35)36-24-14-8-15-25-36/h4,6-33H,3,5H2,1-2H3/b18-4-,37-19+. The van der Waals surface area contributed by atoms with Crippen molar-refractivity contribution in [3.8, 4) is 5.69 Å². The van der Waals surface area contributed by atoms with Gasteiger partial charge in [-0.2, -0.15) is 0 Å². The minimum atomic E-state index is -3.19. The number of aromatic nitrogens is 1. The van der Waals surface area contributed by atoms with Crippen LogP contribution in [0.25, 0.3) is 27.5 Å². The molecule has 0 aliphatic heterocycles. The normalized spacial score (nSPS) is 13.7. The average molecular weight is 660 g/mol. The van der Waals surface area contributed by atoms with Gasteiger partial charge in [0.15, 0.2) is 7.14 Å². The van der Waals surface area contributed by atoms with Crippen LogP contribution >= 0.6 is 14.0 Å². The van der Waals surface area contributed by atoms with Gasteiger partial charge in [-0.3, -0.25) is 0 Å². The highest BCUT2D eigenvalue weighted by Gasteiger charge is 2.31. The third kappa shape index (κ3) is 5.36. The Kier molecular flexibility index (Phi) is 8.81. The molecular weight excluding hydrogens is 620 g/mol. The Bertz CT molecular complexity index is 2330. The summed E-state index contributed by atoms with van der Waals surface area (Å²) in [4.78, 5) is 0. The van der Waals surface area contributed by atoms with Crippen molar-refractivity contribution in [1.29, 1.82) is 0 Å². The molecule has 236 valence electrons. The molecule has 1 aromatic heterocycles. The summed E-state index contributed by atoms with van der Waals surface area (Å²) in [5.41, 5.74) is 3.20. The largest absolute Gasteiger partial charge is 0.309 e. The minimum absolute atomic E-state index is 0.796. The smallest absolute Gasteiger partial charge is 0.170 e. The van der Waals surface area contributed by atoms with Crippen molar-refractivity contribution >= 4 is 68.7 Å². The molecule has 0 fully saturated rings. The summed E-state index contributed by atoms with van der Waals surface area (Å²) >= 11 is 0. The summed E-state index contributed by atoms with van der Waals surface area (Å²) in [6.07, 6.45) is 11.9. The van der Waals surface area contributed by atoms with Gasteiger partial charge in [0.05, 0.1) is 11.0 Å². The Morgan fingerprint density at radius 1 is 0.604 bits per heavy atom. The monoisotopic (exact) mass is 659 g/mol. The van der Waals surface area contributed by atoms with Gasteiger partial charge < -0.3 is 9.13 Å². The number of rotatable bonds is 9. The fraction of sp³-hybridized carbons (Fsp3) is 0.0682. The maximum atomic E-state index is 15.6. The highest BCUT2D eigenvalue weighted by Crippen LogP contribution is 2.53. The van der Waals surface area contributed by atoms with Crippen LogP contribution in [0.2, 0.25) is 0 Å². The predicted octanol–water partition coefficient (Wildman–Crippen LogP) is 9.69. The molecule has 0 amide bonds. The van der Waals surface area contributed by atoms with Crippen molar-refractivity contribution in [2.45, 2.75) is 20.3 Å². The summed E-state index contributed by atoms with van der Waals surface area (Å²) in [6.45, 7) is 1.88. The molecule has 0 N–H and O–H groups in total. The number of nitrogens with zero attached hydrogens (tertiary/aromatic N) is 1. The lowest BCUT2D eigenvalue weighted by molar-refractivity contribution is 0.591. The van der Waals surface area contributed by atoms with Crippen LogP contribution in [-0.4, -0.2) is 10.9 Å². The van der Waals surface area contributed by atoms with Crippen molar-refractivity contribution in [2.24, 2.45) is 0 Å². The molecule has 0 saturated heterocycles. The number of benzene rings is 6. The molecule has 7 rings (SSSR count). The molecule has 1 heterocycles. The first-order chi connectivity index (χ1) is 23.5.